The van der Waals surface area contributed by atoms with E-state index in [0.29, 0.717) is 22.5 Å². The maximum absolute atomic E-state index is 12.8. The lowest BCUT2D eigenvalue weighted by atomic mass is 10.1. The van der Waals surface area contributed by atoms with Crippen molar-refractivity contribution in [2.75, 3.05) is 22.9 Å². The fraction of sp³-hybridized carbons (Fsp3) is 0.136. The molecule has 0 aliphatic carbocycles. The summed E-state index contributed by atoms with van der Waals surface area (Å²) in [7, 11) is -3.46. The van der Waals surface area contributed by atoms with E-state index in [4.69, 9.17) is 0 Å². The number of rotatable bonds is 4. The van der Waals surface area contributed by atoms with Crippen molar-refractivity contribution in [1.82, 2.24) is 4.90 Å². The van der Waals surface area contributed by atoms with Crippen molar-refractivity contribution < 1.29 is 18.0 Å². The molecule has 31 heavy (non-hydrogen) atoms. The zero-order chi connectivity index (χ0) is 22.0. The van der Waals surface area contributed by atoms with Crippen molar-refractivity contribution in [1.29, 1.82) is 0 Å². The molecule has 4 rings (SSSR count). The number of carbonyl (C=O) groups excluding carboxylic acids is 2. The Hall–Kier alpha value is -3.72. The van der Waals surface area contributed by atoms with Gasteiger partial charge in [-0.15, -0.1) is 4.40 Å². The molecule has 0 saturated carbocycles. The molecule has 0 aromatic heterocycles. The molecule has 2 amide bonds. The number of nitrogens with zero attached hydrogens (tertiary/aromatic N) is 2. The molecular formula is C22H20N4O4S. The minimum atomic E-state index is -3.46. The maximum Gasteiger partial charge on any atom is 0.257 e. The topological polar surface area (TPSA) is 108 Å². The molecule has 2 aromatic rings. The number of hydrogen-bond donors (Lipinski definition) is 2. The lowest BCUT2D eigenvalue weighted by Crippen LogP contribution is -2.37. The van der Waals surface area contributed by atoms with Crippen molar-refractivity contribution in [2.45, 2.75) is 6.92 Å². The van der Waals surface area contributed by atoms with Crippen LogP contribution in [0.3, 0.4) is 0 Å². The molecule has 0 radical (unpaired) electrons. The summed E-state index contributed by atoms with van der Waals surface area (Å²) in [5, 5.41) is 5.60. The summed E-state index contributed by atoms with van der Waals surface area (Å²) in [6, 6.07) is 14.2. The van der Waals surface area contributed by atoms with Gasteiger partial charge in [0.15, 0.2) is 0 Å². The highest BCUT2D eigenvalue weighted by atomic mass is 32.2. The van der Waals surface area contributed by atoms with Crippen LogP contribution in [-0.2, 0) is 14.8 Å². The minimum Gasteiger partial charge on any atom is -0.330 e. The van der Waals surface area contributed by atoms with Gasteiger partial charge in [0.2, 0.25) is 0 Å². The molecule has 0 unspecified atom stereocenters. The van der Waals surface area contributed by atoms with Gasteiger partial charge in [0.25, 0.3) is 21.8 Å². The van der Waals surface area contributed by atoms with Crippen molar-refractivity contribution in [3.63, 3.8) is 0 Å². The molecule has 158 valence electrons. The van der Waals surface area contributed by atoms with Crippen LogP contribution in [0.4, 0.5) is 11.4 Å². The van der Waals surface area contributed by atoms with Gasteiger partial charge in [0.1, 0.15) is 5.84 Å². The molecular weight excluding hydrogens is 416 g/mol. The molecule has 9 heteroatoms. The molecule has 2 aliphatic rings. The average Bonchev–Trinajstić information content (AvgIpc) is 2.73. The number of sulfonamides is 1. The van der Waals surface area contributed by atoms with E-state index in [1.807, 2.05) is 25.1 Å². The van der Waals surface area contributed by atoms with Crippen molar-refractivity contribution in [3.8, 4) is 0 Å². The Balaban J connectivity index is 1.52. The van der Waals surface area contributed by atoms with Crippen LogP contribution >= 0.6 is 0 Å². The summed E-state index contributed by atoms with van der Waals surface area (Å²) < 4.78 is 27.0. The lowest BCUT2D eigenvalue weighted by Gasteiger charge is -2.27. The number of fused-ring (bicyclic) bond motifs is 1. The highest BCUT2D eigenvalue weighted by Gasteiger charge is 2.25. The summed E-state index contributed by atoms with van der Waals surface area (Å²) >= 11 is 0. The number of anilines is 2. The van der Waals surface area contributed by atoms with Crippen LogP contribution in [0.15, 0.2) is 76.9 Å². The molecule has 8 nitrogen and oxygen atoms in total. The Morgan fingerprint density at radius 2 is 1.81 bits per heavy atom. The Morgan fingerprint density at radius 1 is 1.00 bits per heavy atom. The van der Waals surface area contributed by atoms with E-state index in [2.05, 4.69) is 15.0 Å². The number of carbonyl (C=O) groups is 2. The minimum absolute atomic E-state index is 0.113. The third kappa shape index (κ3) is 4.72. The van der Waals surface area contributed by atoms with Crippen LogP contribution in [-0.4, -0.2) is 43.3 Å². The molecule has 2 aromatic carbocycles. The normalized spacial score (nSPS) is 16.6. The monoisotopic (exact) mass is 436 g/mol. The van der Waals surface area contributed by atoms with E-state index < -0.39 is 15.9 Å². The van der Waals surface area contributed by atoms with Crippen molar-refractivity contribution in [2.24, 2.45) is 4.40 Å². The van der Waals surface area contributed by atoms with Crippen LogP contribution in [0.1, 0.15) is 15.9 Å². The van der Waals surface area contributed by atoms with Gasteiger partial charge >= 0.3 is 0 Å². The zero-order valence-corrected chi connectivity index (χ0v) is 17.5. The van der Waals surface area contributed by atoms with Gasteiger partial charge < -0.3 is 15.5 Å². The van der Waals surface area contributed by atoms with E-state index in [1.54, 1.807) is 41.4 Å². The summed E-state index contributed by atoms with van der Waals surface area (Å²) in [5.41, 5.74) is 2.70. The molecule has 0 fully saturated rings. The van der Waals surface area contributed by atoms with Crippen LogP contribution in [0.25, 0.3) is 0 Å². The number of aryl methyl sites for hydroxylation is 1. The molecule has 0 bridgehead atoms. The number of para-hydroxylation sites is 1. The first kappa shape index (κ1) is 20.5. The molecule has 0 spiro atoms. The first-order valence-electron chi connectivity index (χ1n) is 9.58. The van der Waals surface area contributed by atoms with Gasteiger partial charge in [0.05, 0.1) is 22.6 Å². The number of hydrogen-bond acceptors (Lipinski definition) is 5. The molecule has 2 heterocycles. The smallest absolute Gasteiger partial charge is 0.257 e. The van der Waals surface area contributed by atoms with E-state index in [1.165, 1.54) is 12.2 Å². The molecule has 0 atom stereocenters. The second kappa shape index (κ2) is 8.19. The van der Waals surface area contributed by atoms with Gasteiger partial charge in [-0.2, -0.15) is 0 Å². The predicted octanol–water partition coefficient (Wildman–Crippen LogP) is 2.68. The predicted molar refractivity (Wildman–Crippen MR) is 119 cm³/mol. The van der Waals surface area contributed by atoms with Crippen molar-refractivity contribution in [3.05, 3.63) is 83.6 Å². The Labute approximate surface area is 180 Å². The summed E-state index contributed by atoms with van der Waals surface area (Å²) in [6.07, 6.45) is 4.54. The first-order valence-corrected chi connectivity index (χ1v) is 11.2. The first-order chi connectivity index (χ1) is 14.8. The van der Waals surface area contributed by atoms with Gasteiger partial charge in [-0.3, -0.25) is 9.59 Å². The molecule has 0 saturated heterocycles. The second-order valence-corrected chi connectivity index (χ2v) is 8.92. The largest absolute Gasteiger partial charge is 0.330 e. The Morgan fingerprint density at radius 3 is 2.61 bits per heavy atom. The van der Waals surface area contributed by atoms with E-state index >= 15 is 0 Å². The Kier molecular flexibility index (Phi) is 5.43. The lowest BCUT2D eigenvalue weighted by molar-refractivity contribution is -0.112. The van der Waals surface area contributed by atoms with E-state index in [-0.39, 0.29) is 24.0 Å². The fourth-order valence-electron chi connectivity index (χ4n) is 3.24. The van der Waals surface area contributed by atoms with Gasteiger partial charge in [-0.25, -0.2) is 8.42 Å². The average molecular weight is 436 g/mol. The van der Waals surface area contributed by atoms with Crippen LogP contribution in [0.2, 0.25) is 0 Å². The summed E-state index contributed by atoms with van der Waals surface area (Å²) in [4.78, 5) is 27.2. The third-order valence-electron chi connectivity index (χ3n) is 4.78. The highest BCUT2D eigenvalue weighted by molar-refractivity contribution is 7.90. The van der Waals surface area contributed by atoms with Crippen LogP contribution < -0.4 is 10.6 Å². The van der Waals surface area contributed by atoms with Gasteiger partial charge in [0, 0.05) is 18.4 Å². The standard InChI is InChI=1S/C22H20N4O4S/c1-15-5-4-6-17(13-15)23-22(28)18-7-2-3-8-19(18)24-21(27)16-9-10-20-25-31(29,30)12-11-26(20)14-16/h2-10,13-14H,11-12H2,1H3,(H,23,28)(H,24,27). The number of benzene rings is 2. The maximum atomic E-state index is 12.8. The quantitative estimate of drug-likeness (QED) is 0.766. The van der Waals surface area contributed by atoms with E-state index in [9.17, 15) is 18.0 Å². The number of amidine groups is 1. The van der Waals surface area contributed by atoms with Crippen molar-refractivity contribution >= 4 is 39.0 Å². The molecule has 2 N–H and O–H groups in total. The summed E-state index contributed by atoms with van der Waals surface area (Å²) in [5.74, 6) is -0.594. The second-order valence-electron chi connectivity index (χ2n) is 7.17. The van der Waals surface area contributed by atoms with Gasteiger partial charge in [-0.1, -0.05) is 24.3 Å². The number of amides is 2. The SMILES string of the molecule is Cc1cccc(NC(=O)c2ccccc2NC(=O)C2=CN3CCS(=O)(=O)N=C3C=C2)c1. The molecule has 2 aliphatic heterocycles. The summed E-state index contributed by atoms with van der Waals surface area (Å²) in [6.45, 7) is 2.15. The van der Waals surface area contributed by atoms with Crippen LogP contribution in [0, 0.1) is 6.92 Å². The zero-order valence-electron chi connectivity index (χ0n) is 16.7. The highest BCUT2D eigenvalue weighted by Crippen LogP contribution is 2.21. The fourth-order valence-corrected chi connectivity index (χ4v) is 4.21. The van der Waals surface area contributed by atoms with E-state index in [0.717, 1.165) is 5.56 Å². The third-order valence-corrected chi connectivity index (χ3v) is 5.95. The Bertz CT molecular complexity index is 1260. The van der Waals surface area contributed by atoms with Crippen LogP contribution in [0.5, 0.6) is 0 Å². The van der Waals surface area contributed by atoms with Gasteiger partial charge in [-0.05, 0) is 48.9 Å². The number of nitrogens with one attached hydrogen (secondary N) is 2.